The smallest absolute Gasteiger partial charge is 0.328 e. The molecule has 0 heterocycles. The number of carbonyl (C=O) groups excluding carboxylic acids is 4. The van der Waals surface area contributed by atoms with Crippen LogP contribution in [0.4, 0.5) is 0 Å². The molecule has 2 atom stereocenters. The molecule has 34 heavy (non-hydrogen) atoms. The van der Waals surface area contributed by atoms with Gasteiger partial charge in [0.25, 0.3) is 0 Å². The van der Waals surface area contributed by atoms with Gasteiger partial charge in [-0.25, -0.2) is 9.59 Å². The normalized spacial score (nSPS) is 12.2. The third-order valence-corrected chi connectivity index (χ3v) is 4.85. The molecule has 0 spiro atoms. The summed E-state index contributed by atoms with van der Waals surface area (Å²) in [6.07, 6.45) is 1.57. The predicted octanol–water partition coefficient (Wildman–Crippen LogP) is 2.35. The van der Waals surface area contributed by atoms with E-state index in [1.54, 1.807) is 0 Å². The van der Waals surface area contributed by atoms with E-state index in [1.807, 2.05) is 74.5 Å². The molecule has 2 rings (SSSR count). The maximum absolute atomic E-state index is 12.7. The molecule has 0 aliphatic heterocycles. The molecule has 8 heteroatoms. The lowest BCUT2D eigenvalue weighted by Gasteiger charge is -2.20. The van der Waals surface area contributed by atoms with Gasteiger partial charge in [-0.2, -0.15) is 0 Å². The molecule has 0 aliphatic rings. The Kier molecular flexibility index (Phi) is 11.3. The zero-order valence-corrected chi connectivity index (χ0v) is 19.6. The zero-order valence-electron chi connectivity index (χ0n) is 19.6. The van der Waals surface area contributed by atoms with Crippen LogP contribution in [0.5, 0.6) is 0 Å². The number of ether oxygens (including phenoxy) is 2. The zero-order chi connectivity index (χ0) is 24.8. The molecule has 2 N–H and O–H groups in total. The second-order valence-electron chi connectivity index (χ2n) is 7.77. The van der Waals surface area contributed by atoms with Crippen LogP contribution in [-0.2, 0) is 41.5 Å². The Bertz CT molecular complexity index is 855. The van der Waals surface area contributed by atoms with Gasteiger partial charge in [-0.05, 0) is 24.0 Å². The Morgan fingerprint density at radius 2 is 1.00 bits per heavy atom. The van der Waals surface area contributed by atoms with Crippen molar-refractivity contribution < 1.29 is 28.7 Å². The second-order valence-corrected chi connectivity index (χ2v) is 7.77. The maximum atomic E-state index is 12.7. The number of benzene rings is 2. The number of esters is 2. The van der Waals surface area contributed by atoms with Crippen molar-refractivity contribution in [1.29, 1.82) is 0 Å². The lowest BCUT2D eigenvalue weighted by Crippen LogP contribution is -2.53. The van der Waals surface area contributed by atoms with Gasteiger partial charge < -0.3 is 20.1 Å². The molecule has 0 unspecified atom stereocenters. The van der Waals surface area contributed by atoms with Crippen molar-refractivity contribution in [2.45, 2.75) is 51.6 Å². The molecule has 2 amide bonds. The highest BCUT2D eigenvalue weighted by molar-refractivity contribution is 6.35. The molecule has 0 radical (unpaired) electrons. The number of rotatable bonds is 12. The van der Waals surface area contributed by atoms with Crippen LogP contribution in [0, 0.1) is 0 Å². The molecule has 0 aliphatic carbocycles. The summed E-state index contributed by atoms with van der Waals surface area (Å²) in [5.74, 6) is -3.32. The van der Waals surface area contributed by atoms with Crippen molar-refractivity contribution in [3.05, 3.63) is 71.8 Å². The first-order valence-corrected chi connectivity index (χ1v) is 11.5. The summed E-state index contributed by atoms with van der Waals surface area (Å²) in [6, 6.07) is 16.1. The van der Waals surface area contributed by atoms with Crippen LogP contribution >= 0.6 is 0 Å². The van der Waals surface area contributed by atoms with E-state index in [9.17, 15) is 19.2 Å². The van der Waals surface area contributed by atoms with Crippen LogP contribution in [0.3, 0.4) is 0 Å². The third kappa shape index (κ3) is 9.05. The van der Waals surface area contributed by atoms with E-state index in [2.05, 4.69) is 10.6 Å². The fraction of sp³-hybridized carbons (Fsp3) is 0.385. The summed E-state index contributed by atoms with van der Waals surface area (Å²) in [7, 11) is 0. The Hall–Kier alpha value is -3.68. The number of hydrogen-bond donors (Lipinski definition) is 2. The van der Waals surface area contributed by atoms with E-state index in [-0.39, 0.29) is 26.1 Å². The van der Waals surface area contributed by atoms with E-state index < -0.39 is 35.8 Å². The van der Waals surface area contributed by atoms with Crippen molar-refractivity contribution in [3.63, 3.8) is 0 Å². The molecule has 0 saturated carbocycles. The summed E-state index contributed by atoms with van der Waals surface area (Å²) < 4.78 is 10.4. The maximum Gasteiger partial charge on any atom is 0.328 e. The summed E-state index contributed by atoms with van der Waals surface area (Å²) >= 11 is 0. The van der Waals surface area contributed by atoms with E-state index in [0.717, 1.165) is 11.1 Å². The van der Waals surface area contributed by atoms with E-state index >= 15 is 0 Å². The predicted molar refractivity (Wildman–Crippen MR) is 127 cm³/mol. The molecule has 2 aromatic carbocycles. The Morgan fingerprint density at radius 3 is 1.32 bits per heavy atom. The van der Waals surface area contributed by atoms with Crippen molar-refractivity contribution in [3.8, 4) is 0 Å². The highest BCUT2D eigenvalue weighted by Crippen LogP contribution is 2.07. The highest BCUT2D eigenvalue weighted by Gasteiger charge is 2.29. The van der Waals surface area contributed by atoms with Crippen LogP contribution in [0.1, 0.15) is 37.8 Å². The Morgan fingerprint density at radius 1 is 0.647 bits per heavy atom. The Labute approximate surface area is 200 Å². The first kappa shape index (κ1) is 26.6. The first-order chi connectivity index (χ1) is 16.4. The first-order valence-electron chi connectivity index (χ1n) is 11.5. The van der Waals surface area contributed by atoms with Gasteiger partial charge in [-0.1, -0.05) is 74.5 Å². The van der Waals surface area contributed by atoms with Gasteiger partial charge >= 0.3 is 23.8 Å². The van der Waals surface area contributed by atoms with Gasteiger partial charge in [0, 0.05) is 12.8 Å². The fourth-order valence-corrected chi connectivity index (χ4v) is 3.14. The van der Waals surface area contributed by atoms with Gasteiger partial charge in [0.1, 0.15) is 12.1 Å². The molecule has 2 aromatic rings. The summed E-state index contributed by atoms with van der Waals surface area (Å²) in [5, 5.41) is 4.90. The van der Waals surface area contributed by atoms with Crippen molar-refractivity contribution in [2.75, 3.05) is 13.2 Å². The average molecular weight is 469 g/mol. The standard InChI is InChI=1S/C26H32N2O6/c1-3-15-33-25(31)21(17-19-11-7-5-8-12-19)27-23(29)24(30)28-22(26(32)34-16-4-2)18-20-13-9-6-10-14-20/h5-14,21-22H,3-4,15-18H2,1-2H3,(H,27,29)(H,28,30)/t21-,22-/m0/s1. The van der Waals surface area contributed by atoms with Crippen molar-refractivity contribution in [2.24, 2.45) is 0 Å². The summed E-state index contributed by atoms with van der Waals surface area (Å²) in [5.41, 5.74) is 1.60. The van der Waals surface area contributed by atoms with Crippen LogP contribution in [0.15, 0.2) is 60.7 Å². The molecule has 8 nitrogen and oxygen atoms in total. The average Bonchev–Trinajstić information content (AvgIpc) is 2.86. The molecule has 0 aromatic heterocycles. The molecule has 0 fully saturated rings. The van der Waals surface area contributed by atoms with Gasteiger partial charge in [0.2, 0.25) is 0 Å². The minimum Gasteiger partial charge on any atom is -0.464 e. The lowest BCUT2D eigenvalue weighted by atomic mass is 10.1. The van der Waals surface area contributed by atoms with Crippen LogP contribution in [0.25, 0.3) is 0 Å². The second kappa shape index (κ2) is 14.5. The number of carbonyl (C=O) groups is 4. The minimum atomic E-state index is -1.05. The summed E-state index contributed by atoms with van der Waals surface area (Å²) in [4.78, 5) is 50.4. The van der Waals surface area contributed by atoms with Crippen LogP contribution in [-0.4, -0.2) is 49.1 Å². The fourth-order valence-electron chi connectivity index (χ4n) is 3.14. The lowest BCUT2D eigenvalue weighted by molar-refractivity contribution is -0.151. The summed E-state index contributed by atoms with van der Waals surface area (Å²) in [6.45, 7) is 4.12. The van der Waals surface area contributed by atoms with Crippen molar-refractivity contribution in [1.82, 2.24) is 10.6 Å². The van der Waals surface area contributed by atoms with E-state index in [0.29, 0.717) is 12.8 Å². The number of amides is 2. The quantitative estimate of drug-likeness (QED) is 0.365. The van der Waals surface area contributed by atoms with Gasteiger partial charge in [0.15, 0.2) is 0 Å². The van der Waals surface area contributed by atoms with Crippen LogP contribution < -0.4 is 10.6 Å². The Balaban J connectivity index is 2.09. The van der Waals surface area contributed by atoms with Crippen molar-refractivity contribution >= 4 is 23.8 Å². The minimum absolute atomic E-state index is 0.161. The van der Waals surface area contributed by atoms with Gasteiger partial charge in [0.05, 0.1) is 13.2 Å². The van der Waals surface area contributed by atoms with Crippen LogP contribution in [0.2, 0.25) is 0 Å². The SMILES string of the molecule is CCCOC(=O)[C@H](Cc1ccccc1)NC(=O)C(=O)N[C@@H](Cc1ccccc1)C(=O)OCCC. The highest BCUT2D eigenvalue weighted by atomic mass is 16.5. The molecule has 182 valence electrons. The topological polar surface area (TPSA) is 111 Å². The van der Waals surface area contributed by atoms with E-state index in [4.69, 9.17) is 9.47 Å². The molecule has 0 bridgehead atoms. The number of nitrogens with one attached hydrogen (secondary N) is 2. The van der Waals surface area contributed by atoms with Gasteiger partial charge in [-0.3, -0.25) is 9.59 Å². The number of hydrogen-bond acceptors (Lipinski definition) is 6. The third-order valence-electron chi connectivity index (χ3n) is 4.85. The monoisotopic (exact) mass is 468 g/mol. The van der Waals surface area contributed by atoms with E-state index in [1.165, 1.54) is 0 Å². The van der Waals surface area contributed by atoms with Gasteiger partial charge in [-0.15, -0.1) is 0 Å². The molecular weight excluding hydrogens is 436 g/mol. The molecular formula is C26H32N2O6. The largest absolute Gasteiger partial charge is 0.464 e. The molecule has 0 saturated heterocycles.